The molecule has 0 aliphatic carbocycles. The minimum Gasteiger partial charge on any atom is -0.382 e. The van der Waals surface area contributed by atoms with Crippen molar-refractivity contribution in [1.82, 2.24) is 5.32 Å². The summed E-state index contributed by atoms with van der Waals surface area (Å²) in [5, 5.41) is 3.55. The van der Waals surface area contributed by atoms with Crippen LogP contribution in [-0.2, 0) is 9.47 Å². The summed E-state index contributed by atoms with van der Waals surface area (Å²) in [5.74, 6) is 0. The van der Waals surface area contributed by atoms with E-state index in [1.165, 1.54) is 32.1 Å². The molecule has 1 N–H and O–H groups in total. The standard InChI is InChI=1S/C15H31NO2/c1-4-6-7-8-9-10-15(16-11-5-2)14-18-13-12-17-3/h4,15-16H,1,5-14H2,2-3H3. The molecule has 108 valence electrons. The predicted octanol–water partition coefficient (Wildman–Crippen LogP) is 3.15. The summed E-state index contributed by atoms with van der Waals surface area (Å²) in [6.07, 6.45) is 9.32. The van der Waals surface area contributed by atoms with Gasteiger partial charge in [-0.1, -0.05) is 25.8 Å². The Morgan fingerprint density at radius 2 is 2.06 bits per heavy atom. The lowest BCUT2D eigenvalue weighted by molar-refractivity contribution is 0.0571. The second-order valence-corrected chi connectivity index (χ2v) is 4.65. The topological polar surface area (TPSA) is 30.5 Å². The van der Waals surface area contributed by atoms with Crippen LogP contribution in [0.15, 0.2) is 12.7 Å². The highest BCUT2D eigenvalue weighted by atomic mass is 16.5. The Morgan fingerprint density at radius 3 is 2.72 bits per heavy atom. The zero-order valence-electron chi connectivity index (χ0n) is 12.2. The lowest BCUT2D eigenvalue weighted by Gasteiger charge is -2.18. The lowest BCUT2D eigenvalue weighted by atomic mass is 10.1. The van der Waals surface area contributed by atoms with E-state index < -0.39 is 0 Å². The zero-order chi connectivity index (χ0) is 13.5. The fourth-order valence-electron chi connectivity index (χ4n) is 1.82. The number of hydrogen-bond donors (Lipinski definition) is 1. The van der Waals surface area contributed by atoms with Crippen LogP contribution in [0, 0.1) is 0 Å². The molecular weight excluding hydrogens is 226 g/mol. The van der Waals surface area contributed by atoms with Crippen molar-refractivity contribution in [2.75, 3.05) is 33.5 Å². The van der Waals surface area contributed by atoms with E-state index in [4.69, 9.17) is 9.47 Å². The maximum Gasteiger partial charge on any atom is 0.0701 e. The van der Waals surface area contributed by atoms with Crippen LogP contribution in [0.3, 0.4) is 0 Å². The van der Waals surface area contributed by atoms with Crippen molar-refractivity contribution in [3.63, 3.8) is 0 Å². The molecule has 0 saturated carbocycles. The normalized spacial score (nSPS) is 12.6. The molecule has 18 heavy (non-hydrogen) atoms. The third-order valence-corrected chi connectivity index (χ3v) is 2.89. The molecule has 1 unspecified atom stereocenters. The summed E-state index contributed by atoms with van der Waals surface area (Å²) in [5.41, 5.74) is 0. The van der Waals surface area contributed by atoms with Gasteiger partial charge >= 0.3 is 0 Å². The Bertz CT molecular complexity index is 174. The molecule has 1 atom stereocenters. The number of rotatable bonds is 14. The molecule has 0 bridgehead atoms. The van der Waals surface area contributed by atoms with E-state index in [-0.39, 0.29) is 0 Å². The van der Waals surface area contributed by atoms with Crippen molar-refractivity contribution in [3.05, 3.63) is 12.7 Å². The molecule has 0 amide bonds. The molecule has 0 spiro atoms. The Kier molecular flexibility index (Phi) is 14.4. The van der Waals surface area contributed by atoms with Gasteiger partial charge in [0.15, 0.2) is 0 Å². The van der Waals surface area contributed by atoms with Crippen molar-refractivity contribution in [2.24, 2.45) is 0 Å². The molecule has 0 aliphatic rings. The number of hydrogen-bond acceptors (Lipinski definition) is 3. The summed E-state index contributed by atoms with van der Waals surface area (Å²) >= 11 is 0. The van der Waals surface area contributed by atoms with Crippen molar-refractivity contribution in [1.29, 1.82) is 0 Å². The van der Waals surface area contributed by atoms with Crippen molar-refractivity contribution >= 4 is 0 Å². The van der Waals surface area contributed by atoms with E-state index in [2.05, 4.69) is 18.8 Å². The third kappa shape index (κ3) is 12.1. The van der Waals surface area contributed by atoms with Crippen molar-refractivity contribution in [3.8, 4) is 0 Å². The maximum atomic E-state index is 5.61. The van der Waals surface area contributed by atoms with Crippen LogP contribution in [0.4, 0.5) is 0 Å². The van der Waals surface area contributed by atoms with Gasteiger partial charge in [-0.15, -0.1) is 6.58 Å². The number of allylic oxidation sites excluding steroid dienone is 1. The summed E-state index contributed by atoms with van der Waals surface area (Å²) in [6, 6.07) is 0.491. The van der Waals surface area contributed by atoms with Crippen LogP contribution in [0.5, 0.6) is 0 Å². The van der Waals surface area contributed by atoms with Crippen LogP contribution in [0.25, 0.3) is 0 Å². The molecule has 0 aromatic carbocycles. The Labute approximate surface area is 113 Å². The van der Waals surface area contributed by atoms with Gasteiger partial charge in [-0.25, -0.2) is 0 Å². The summed E-state index contributed by atoms with van der Waals surface area (Å²) in [6.45, 7) is 9.19. The number of methoxy groups -OCH3 is 1. The molecule has 0 heterocycles. The summed E-state index contributed by atoms with van der Waals surface area (Å²) in [4.78, 5) is 0. The molecule has 0 rings (SSSR count). The van der Waals surface area contributed by atoms with E-state index in [0.717, 1.165) is 19.6 Å². The van der Waals surface area contributed by atoms with Crippen LogP contribution < -0.4 is 5.32 Å². The SMILES string of the molecule is C=CCCCCCC(COCCOC)NCCC. The minimum absolute atomic E-state index is 0.491. The monoisotopic (exact) mass is 257 g/mol. The average Bonchev–Trinajstić information content (AvgIpc) is 2.39. The van der Waals surface area contributed by atoms with Crippen LogP contribution >= 0.6 is 0 Å². The van der Waals surface area contributed by atoms with Gasteiger partial charge < -0.3 is 14.8 Å². The zero-order valence-corrected chi connectivity index (χ0v) is 12.2. The number of ether oxygens (including phenoxy) is 2. The average molecular weight is 257 g/mol. The highest BCUT2D eigenvalue weighted by Gasteiger charge is 2.07. The van der Waals surface area contributed by atoms with Gasteiger partial charge in [-0.2, -0.15) is 0 Å². The maximum absolute atomic E-state index is 5.61. The molecule has 0 aromatic heterocycles. The Morgan fingerprint density at radius 1 is 1.22 bits per heavy atom. The van der Waals surface area contributed by atoms with Crippen LogP contribution in [0.2, 0.25) is 0 Å². The fourth-order valence-corrected chi connectivity index (χ4v) is 1.82. The Hall–Kier alpha value is -0.380. The minimum atomic E-state index is 0.491. The smallest absolute Gasteiger partial charge is 0.0701 e. The molecule has 3 heteroatoms. The van der Waals surface area contributed by atoms with Gasteiger partial charge in [0, 0.05) is 13.2 Å². The molecule has 3 nitrogen and oxygen atoms in total. The lowest BCUT2D eigenvalue weighted by Crippen LogP contribution is -2.34. The van der Waals surface area contributed by atoms with E-state index >= 15 is 0 Å². The number of unbranched alkanes of at least 4 members (excludes halogenated alkanes) is 3. The van der Waals surface area contributed by atoms with E-state index in [0.29, 0.717) is 19.3 Å². The van der Waals surface area contributed by atoms with Gasteiger partial charge in [-0.3, -0.25) is 0 Å². The molecule has 0 aliphatic heterocycles. The van der Waals surface area contributed by atoms with Crippen molar-refractivity contribution in [2.45, 2.75) is 51.5 Å². The first-order chi connectivity index (χ1) is 8.85. The van der Waals surface area contributed by atoms with Crippen molar-refractivity contribution < 1.29 is 9.47 Å². The molecule has 0 aromatic rings. The Balaban J connectivity index is 3.59. The molecule has 0 radical (unpaired) electrons. The summed E-state index contributed by atoms with van der Waals surface area (Å²) < 4.78 is 10.6. The second-order valence-electron chi connectivity index (χ2n) is 4.65. The first kappa shape index (κ1) is 17.6. The summed E-state index contributed by atoms with van der Waals surface area (Å²) in [7, 11) is 1.70. The second kappa shape index (κ2) is 14.7. The first-order valence-corrected chi connectivity index (χ1v) is 7.26. The molecular formula is C15H31NO2. The first-order valence-electron chi connectivity index (χ1n) is 7.26. The quantitative estimate of drug-likeness (QED) is 0.383. The number of nitrogens with one attached hydrogen (secondary N) is 1. The van der Waals surface area contributed by atoms with Gasteiger partial charge in [0.05, 0.1) is 19.8 Å². The van der Waals surface area contributed by atoms with E-state index in [1.54, 1.807) is 7.11 Å². The van der Waals surface area contributed by atoms with E-state index in [1.807, 2.05) is 6.08 Å². The van der Waals surface area contributed by atoms with Crippen LogP contribution in [0.1, 0.15) is 45.4 Å². The van der Waals surface area contributed by atoms with Gasteiger partial charge in [0.2, 0.25) is 0 Å². The third-order valence-electron chi connectivity index (χ3n) is 2.89. The van der Waals surface area contributed by atoms with Gasteiger partial charge in [-0.05, 0) is 32.2 Å². The largest absolute Gasteiger partial charge is 0.382 e. The highest BCUT2D eigenvalue weighted by Crippen LogP contribution is 2.06. The molecule has 0 fully saturated rings. The highest BCUT2D eigenvalue weighted by molar-refractivity contribution is 4.68. The van der Waals surface area contributed by atoms with E-state index in [9.17, 15) is 0 Å². The van der Waals surface area contributed by atoms with Crippen LogP contribution in [-0.4, -0.2) is 39.5 Å². The van der Waals surface area contributed by atoms with Gasteiger partial charge in [0.25, 0.3) is 0 Å². The predicted molar refractivity (Wildman–Crippen MR) is 78.1 cm³/mol. The molecule has 0 saturated heterocycles. The van der Waals surface area contributed by atoms with Gasteiger partial charge in [0.1, 0.15) is 0 Å². The fraction of sp³-hybridized carbons (Fsp3) is 0.867.